The fourth-order valence-corrected chi connectivity index (χ4v) is 5.10. The molecule has 9 nitrogen and oxygen atoms in total. The molecule has 5 aromatic rings. The van der Waals surface area contributed by atoms with Gasteiger partial charge in [-0.05, 0) is 48.4 Å². The van der Waals surface area contributed by atoms with Crippen LogP contribution in [-0.4, -0.2) is 48.7 Å². The number of pyridine rings is 1. The fourth-order valence-electron chi connectivity index (χ4n) is 4.35. The van der Waals surface area contributed by atoms with Gasteiger partial charge in [-0.3, -0.25) is 9.78 Å². The van der Waals surface area contributed by atoms with Gasteiger partial charge in [-0.1, -0.05) is 54.2 Å². The molecule has 0 spiro atoms. The third-order valence-corrected chi connectivity index (χ3v) is 7.59. The van der Waals surface area contributed by atoms with Gasteiger partial charge in [0.05, 0.1) is 37.9 Å². The van der Waals surface area contributed by atoms with Crippen LogP contribution in [0.3, 0.4) is 0 Å². The molecular weight excluding hydrogens is 562 g/mol. The second kappa shape index (κ2) is 14.4. The first-order valence-electron chi connectivity index (χ1n) is 13.8. The number of aromatic nitrogens is 3. The minimum Gasteiger partial charge on any atom is -0.493 e. The normalized spacial score (nSPS) is 10.8. The van der Waals surface area contributed by atoms with Gasteiger partial charge in [0.2, 0.25) is 0 Å². The second-order valence-corrected chi connectivity index (χ2v) is 10.6. The molecule has 0 bridgehead atoms. The molecular formula is C33H33N5O4S. The molecule has 3 heterocycles. The van der Waals surface area contributed by atoms with Crippen LogP contribution in [0.15, 0.2) is 101 Å². The van der Waals surface area contributed by atoms with Crippen molar-refractivity contribution in [2.45, 2.75) is 23.9 Å². The van der Waals surface area contributed by atoms with E-state index in [2.05, 4.69) is 15.2 Å². The van der Waals surface area contributed by atoms with Crippen LogP contribution in [0, 0.1) is 0 Å². The van der Waals surface area contributed by atoms with Crippen LogP contribution in [-0.2, 0) is 18.7 Å². The van der Waals surface area contributed by atoms with Crippen molar-refractivity contribution in [2.75, 3.05) is 32.7 Å². The number of likely N-dealkylation sites (N-methyl/N-ethyl adjacent to an activating group) is 1. The highest BCUT2D eigenvalue weighted by atomic mass is 32.2. The summed E-state index contributed by atoms with van der Waals surface area (Å²) < 4.78 is 16.7. The molecule has 2 aromatic carbocycles. The molecule has 43 heavy (non-hydrogen) atoms. The van der Waals surface area contributed by atoms with Gasteiger partial charge < -0.3 is 24.1 Å². The quantitative estimate of drug-likeness (QED) is 0.129. The lowest BCUT2D eigenvalue weighted by Crippen LogP contribution is -2.22. The van der Waals surface area contributed by atoms with Gasteiger partial charge in [0.1, 0.15) is 11.6 Å². The topological polar surface area (TPSA) is 103 Å². The van der Waals surface area contributed by atoms with E-state index in [1.54, 1.807) is 32.5 Å². The van der Waals surface area contributed by atoms with Crippen LogP contribution >= 0.6 is 11.8 Å². The van der Waals surface area contributed by atoms with E-state index in [1.807, 2.05) is 79.8 Å². The number of carbonyl (C=O) groups is 1. The van der Waals surface area contributed by atoms with Crippen LogP contribution in [0.4, 0.5) is 5.82 Å². The van der Waals surface area contributed by atoms with Crippen molar-refractivity contribution in [1.82, 2.24) is 20.3 Å². The number of amides is 1. The van der Waals surface area contributed by atoms with E-state index in [0.29, 0.717) is 34.7 Å². The fraction of sp³-hybridized carbons (Fsp3) is 0.212. The lowest BCUT2D eigenvalue weighted by atomic mass is 10.1. The summed E-state index contributed by atoms with van der Waals surface area (Å²) in [4.78, 5) is 28.6. The molecule has 1 amide bonds. The van der Waals surface area contributed by atoms with E-state index in [9.17, 15) is 4.79 Å². The third-order valence-electron chi connectivity index (χ3n) is 6.72. The van der Waals surface area contributed by atoms with Gasteiger partial charge in [-0.25, -0.2) is 9.97 Å². The predicted molar refractivity (Wildman–Crippen MR) is 168 cm³/mol. The molecule has 1 N–H and O–H groups in total. The number of furan rings is 1. The molecule has 10 heteroatoms. The Bertz CT molecular complexity index is 1650. The van der Waals surface area contributed by atoms with Gasteiger partial charge in [0.15, 0.2) is 22.4 Å². The Morgan fingerprint density at radius 1 is 0.930 bits per heavy atom. The summed E-state index contributed by atoms with van der Waals surface area (Å²) in [5.74, 6) is 3.32. The van der Waals surface area contributed by atoms with Crippen LogP contribution < -0.4 is 19.7 Å². The summed E-state index contributed by atoms with van der Waals surface area (Å²) in [5, 5.41) is 3.46. The number of nitrogens with one attached hydrogen (secondary N) is 1. The Hall–Kier alpha value is -4.83. The number of rotatable bonds is 13. The van der Waals surface area contributed by atoms with E-state index in [-0.39, 0.29) is 11.7 Å². The monoisotopic (exact) mass is 595 g/mol. The molecule has 0 saturated heterocycles. The summed E-state index contributed by atoms with van der Waals surface area (Å²) in [7, 11) is 5.29. The van der Waals surface area contributed by atoms with Crippen LogP contribution in [0.5, 0.6) is 11.5 Å². The van der Waals surface area contributed by atoms with E-state index in [4.69, 9.17) is 23.9 Å². The number of anilines is 1. The number of hydrogen-bond acceptors (Lipinski definition) is 9. The van der Waals surface area contributed by atoms with Gasteiger partial charge in [-0.15, -0.1) is 0 Å². The number of hydrogen-bond donors (Lipinski definition) is 1. The number of ether oxygens (including phenoxy) is 2. The molecule has 0 unspecified atom stereocenters. The van der Waals surface area contributed by atoms with Crippen molar-refractivity contribution in [3.05, 3.63) is 114 Å². The van der Waals surface area contributed by atoms with Gasteiger partial charge in [0, 0.05) is 31.4 Å². The number of carbonyl (C=O) groups excluding carboxylic acids is 1. The number of methoxy groups -OCH3 is 2. The molecule has 0 aliphatic rings. The van der Waals surface area contributed by atoms with Gasteiger partial charge >= 0.3 is 0 Å². The van der Waals surface area contributed by atoms with Gasteiger partial charge in [0.25, 0.3) is 5.91 Å². The van der Waals surface area contributed by atoms with Crippen LogP contribution in [0.2, 0.25) is 0 Å². The van der Waals surface area contributed by atoms with Crippen molar-refractivity contribution in [1.29, 1.82) is 0 Å². The zero-order valence-electron chi connectivity index (χ0n) is 24.3. The minimum atomic E-state index is -0.289. The Labute approximate surface area is 255 Å². The first-order valence-corrected chi connectivity index (χ1v) is 14.8. The number of thioether (sulfide) groups is 1. The largest absolute Gasteiger partial charge is 0.493 e. The number of benzene rings is 2. The maximum absolute atomic E-state index is 12.6. The lowest BCUT2D eigenvalue weighted by molar-refractivity contribution is 0.0921. The van der Waals surface area contributed by atoms with Crippen molar-refractivity contribution < 1.29 is 18.7 Å². The van der Waals surface area contributed by atoms with Crippen molar-refractivity contribution in [2.24, 2.45) is 0 Å². The Balaban J connectivity index is 1.27. The highest BCUT2D eigenvalue weighted by Crippen LogP contribution is 2.29. The van der Waals surface area contributed by atoms with E-state index < -0.39 is 0 Å². The number of nitrogens with zero attached hydrogens (tertiary/aromatic N) is 4. The first-order chi connectivity index (χ1) is 21.0. The summed E-state index contributed by atoms with van der Waals surface area (Å²) in [6.07, 6.45) is 2.49. The molecule has 220 valence electrons. The summed E-state index contributed by atoms with van der Waals surface area (Å²) >= 11 is 1.46. The molecule has 0 fully saturated rings. The third kappa shape index (κ3) is 7.92. The van der Waals surface area contributed by atoms with Gasteiger partial charge in [-0.2, -0.15) is 0 Å². The predicted octanol–water partition coefficient (Wildman–Crippen LogP) is 6.05. The Morgan fingerprint density at radius 2 is 1.74 bits per heavy atom. The zero-order valence-corrected chi connectivity index (χ0v) is 25.1. The smallest absolute Gasteiger partial charge is 0.287 e. The molecule has 0 aliphatic carbocycles. The highest BCUT2D eigenvalue weighted by molar-refractivity contribution is 7.98. The minimum absolute atomic E-state index is 0.251. The molecule has 0 atom stereocenters. The Kier molecular flexibility index (Phi) is 9.91. The van der Waals surface area contributed by atoms with E-state index >= 15 is 0 Å². The zero-order chi connectivity index (χ0) is 30.0. The maximum atomic E-state index is 12.6. The van der Waals surface area contributed by atoms with Crippen LogP contribution in [0.1, 0.15) is 27.6 Å². The summed E-state index contributed by atoms with van der Waals surface area (Å²) in [6.45, 7) is 1.06. The van der Waals surface area contributed by atoms with Crippen molar-refractivity contribution >= 4 is 23.5 Å². The molecule has 5 rings (SSSR count). The van der Waals surface area contributed by atoms with E-state index in [0.717, 1.165) is 41.3 Å². The molecule has 0 aliphatic heterocycles. The SMILES string of the molecule is COc1ccc(CCN(C)c2cc(-c3ccccc3)nc(SCc3ccc(C(=O)NCc4ccccn4)o3)n2)cc1OC. The van der Waals surface area contributed by atoms with Crippen molar-refractivity contribution in [3.8, 4) is 22.8 Å². The molecule has 0 radical (unpaired) electrons. The first kappa shape index (κ1) is 29.7. The summed E-state index contributed by atoms with van der Waals surface area (Å²) in [5.41, 5.74) is 3.75. The van der Waals surface area contributed by atoms with Crippen LogP contribution in [0.25, 0.3) is 11.3 Å². The molecule has 3 aromatic heterocycles. The average Bonchev–Trinajstić information content (AvgIpc) is 3.55. The average molecular weight is 596 g/mol. The maximum Gasteiger partial charge on any atom is 0.287 e. The standard InChI is InChI=1S/C33H33N5O4S/c1-38(18-16-23-12-14-28(40-2)30(19-23)41-3)31-20-27(24-9-5-4-6-10-24)36-33(37-31)43-22-26-13-15-29(42-26)32(39)35-21-25-11-7-8-17-34-25/h4-15,17,19-20H,16,18,21-22H2,1-3H3,(H,35,39). The van der Waals surface area contributed by atoms with Crippen molar-refractivity contribution in [3.63, 3.8) is 0 Å². The van der Waals surface area contributed by atoms with E-state index in [1.165, 1.54) is 11.8 Å². The lowest BCUT2D eigenvalue weighted by Gasteiger charge is -2.20. The second-order valence-electron chi connectivity index (χ2n) is 9.68. The Morgan fingerprint density at radius 3 is 2.51 bits per heavy atom. The molecule has 0 saturated carbocycles. The highest BCUT2D eigenvalue weighted by Gasteiger charge is 2.15. The summed E-state index contributed by atoms with van der Waals surface area (Å²) in [6, 6.07) is 27.1.